The first-order chi connectivity index (χ1) is 43.4. The second-order valence-corrected chi connectivity index (χ2v) is 29.5. The second-order valence-electron chi connectivity index (χ2n) is 26.6. The molecule has 0 aromatic rings. The van der Waals surface area contributed by atoms with Crippen molar-refractivity contribution >= 4 is 39.5 Å². The number of ether oxygens (including phenoxy) is 4. The second kappa shape index (κ2) is 63.1. The van der Waals surface area contributed by atoms with E-state index >= 15 is 0 Å². The Bertz CT molecular complexity index is 1750. The Labute approximate surface area is 549 Å². The maximum absolute atomic E-state index is 13.0. The molecule has 17 nitrogen and oxygen atoms in total. The van der Waals surface area contributed by atoms with Crippen molar-refractivity contribution in [1.82, 2.24) is 0 Å². The SMILES string of the molecule is CCCCCCCCCCCCCCC(=O)O[C@H](COC(=O)CCCCCCC)COP(=O)(O)OC[C@H](O)COP(=O)(O)OC[C@@H](COC(=O)CCCCCCCCCCCCCC(C)C)OC(=O)CCCCCCCCCCCCCCCCCCC(C)C. The molecule has 0 amide bonds. The molecular formula is C71H138O17P2. The van der Waals surface area contributed by atoms with Gasteiger partial charge >= 0.3 is 39.5 Å². The highest BCUT2D eigenvalue weighted by Gasteiger charge is 2.30. The van der Waals surface area contributed by atoms with Crippen molar-refractivity contribution in [2.45, 2.75) is 381 Å². The van der Waals surface area contributed by atoms with Gasteiger partial charge in [-0.05, 0) is 37.5 Å². The van der Waals surface area contributed by atoms with Crippen molar-refractivity contribution in [3.05, 3.63) is 0 Å². The molecule has 0 saturated heterocycles. The van der Waals surface area contributed by atoms with Gasteiger partial charge in [0.25, 0.3) is 0 Å². The van der Waals surface area contributed by atoms with Crippen molar-refractivity contribution in [3.8, 4) is 0 Å². The molecule has 0 heterocycles. The minimum absolute atomic E-state index is 0.106. The highest BCUT2D eigenvalue weighted by molar-refractivity contribution is 7.47. The number of esters is 4. The summed E-state index contributed by atoms with van der Waals surface area (Å²) in [5.41, 5.74) is 0. The zero-order valence-corrected chi connectivity index (χ0v) is 60.2. The van der Waals surface area contributed by atoms with Crippen LogP contribution in [0.15, 0.2) is 0 Å². The first-order valence-corrected chi connectivity index (χ1v) is 40.0. The van der Waals surface area contributed by atoms with E-state index in [2.05, 4.69) is 41.5 Å². The third kappa shape index (κ3) is 64.8. The molecule has 0 spiro atoms. The molecule has 534 valence electrons. The van der Waals surface area contributed by atoms with Crippen molar-refractivity contribution in [1.29, 1.82) is 0 Å². The van der Waals surface area contributed by atoms with Crippen LogP contribution < -0.4 is 0 Å². The Hall–Kier alpha value is -1.94. The maximum Gasteiger partial charge on any atom is 0.472 e. The number of carbonyl (C=O) groups is 4. The van der Waals surface area contributed by atoms with Crippen LogP contribution in [0.4, 0.5) is 0 Å². The minimum Gasteiger partial charge on any atom is -0.462 e. The summed E-state index contributed by atoms with van der Waals surface area (Å²) in [6, 6.07) is 0. The molecule has 19 heteroatoms. The average molecular weight is 1330 g/mol. The van der Waals surface area contributed by atoms with E-state index in [1.54, 1.807) is 0 Å². The Balaban J connectivity index is 5.14. The van der Waals surface area contributed by atoms with Gasteiger partial charge in [0.05, 0.1) is 26.4 Å². The molecule has 0 radical (unpaired) electrons. The predicted molar refractivity (Wildman–Crippen MR) is 363 cm³/mol. The Morgan fingerprint density at radius 3 is 0.756 bits per heavy atom. The molecule has 0 aliphatic heterocycles. The first kappa shape index (κ1) is 88.1. The molecule has 3 N–H and O–H groups in total. The first-order valence-electron chi connectivity index (χ1n) is 37.0. The van der Waals surface area contributed by atoms with Crippen LogP contribution in [-0.2, 0) is 65.4 Å². The fourth-order valence-electron chi connectivity index (χ4n) is 10.8. The van der Waals surface area contributed by atoms with Crippen LogP contribution in [-0.4, -0.2) is 96.7 Å². The number of phosphoric acid groups is 2. The number of unbranched alkanes of at least 4 members (excludes halogenated alkanes) is 40. The van der Waals surface area contributed by atoms with E-state index in [4.69, 9.17) is 37.0 Å². The molecule has 2 unspecified atom stereocenters. The normalized spacial score (nSPS) is 14.1. The molecule has 5 atom stereocenters. The van der Waals surface area contributed by atoms with Crippen LogP contribution in [0.2, 0.25) is 0 Å². The summed E-state index contributed by atoms with van der Waals surface area (Å²) in [6.45, 7) is 9.50. The molecule has 0 aliphatic carbocycles. The standard InChI is InChI=1S/C71H138O17P2/c1-7-9-11-13-14-15-16-26-32-37-43-49-55-70(75)87-66(59-81-68(73)53-47-39-12-10-8-2)61-85-89(77,78)83-57-65(72)58-84-90(79,80)86-62-67(60-82-69(74)54-48-42-36-31-28-23-25-30-35-41-46-52-64(5)6)88-71(76)56-50-44-38-33-27-22-20-18-17-19-21-24-29-34-40-45-51-63(3)4/h63-67,72H,7-62H2,1-6H3,(H,77,78)(H,79,80)/t65-,66+,67+/m0/s1. The summed E-state index contributed by atoms with van der Waals surface area (Å²) in [6.07, 6.45) is 48.9. The third-order valence-corrected chi connectivity index (χ3v) is 18.4. The quantitative estimate of drug-likeness (QED) is 0.0222. The van der Waals surface area contributed by atoms with E-state index in [-0.39, 0.29) is 25.7 Å². The van der Waals surface area contributed by atoms with Crippen molar-refractivity contribution in [2.75, 3.05) is 39.6 Å². The van der Waals surface area contributed by atoms with Gasteiger partial charge in [0.2, 0.25) is 0 Å². The van der Waals surface area contributed by atoms with Gasteiger partial charge in [-0.2, -0.15) is 0 Å². The number of aliphatic hydroxyl groups excluding tert-OH is 1. The lowest BCUT2D eigenvalue weighted by molar-refractivity contribution is -0.161. The number of aliphatic hydroxyl groups is 1. The van der Waals surface area contributed by atoms with Crippen LogP contribution in [0.25, 0.3) is 0 Å². The van der Waals surface area contributed by atoms with E-state index in [0.29, 0.717) is 25.7 Å². The Morgan fingerprint density at radius 2 is 0.511 bits per heavy atom. The van der Waals surface area contributed by atoms with Gasteiger partial charge in [-0.3, -0.25) is 37.3 Å². The van der Waals surface area contributed by atoms with E-state index in [1.165, 1.54) is 173 Å². The summed E-state index contributed by atoms with van der Waals surface area (Å²) < 4.78 is 68.1. The van der Waals surface area contributed by atoms with Gasteiger partial charge in [0.15, 0.2) is 12.2 Å². The van der Waals surface area contributed by atoms with E-state index in [9.17, 15) is 43.2 Å². The number of rotatable bonds is 70. The molecular weight excluding hydrogens is 1190 g/mol. The lowest BCUT2D eigenvalue weighted by Crippen LogP contribution is -2.30. The van der Waals surface area contributed by atoms with Crippen LogP contribution in [0.5, 0.6) is 0 Å². The predicted octanol–water partition coefficient (Wildman–Crippen LogP) is 20.4. The van der Waals surface area contributed by atoms with Gasteiger partial charge in [-0.25, -0.2) is 9.13 Å². The highest BCUT2D eigenvalue weighted by atomic mass is 31.2. The smallest absolute Gasteiger partial charge is 0.462 e. The van der Waals surface area contributed by atoms with E-state index in [0.717, 1.165) is 108 Å². The topological polar surface area (TPSA) is 237 Å². The van der Waals surface area contributed by atoms with Gasteiger partial charge in [0.1, 0.15) is 19.3 Å². The van der Waals surface area contributed by atoms with Gasteiger partial charge in [-0.15, -0.1) is 0 Å². The Kier molecular flexibility index (Phi) is 61.8. The Morgan fingerprint density at radius 1 is 0.300 bits per heavy atom. The fourth-order valence-corrected chi connectivity index (χ4v) is 12.3. The van der Waals surface area contributed by atoms with Crippen molar-refractivity contribution in [2.24, 2.45) is 11.8 Å². The minimum atomic E-state index is -4.95. The van der Waals surface area contributed by atoms with Gasteiger partial charge in [-0.1, -0.05) is 311 Å². The maximum atomic E-state index is 13.0. The zero-order valence-electron chi connectivity index (χ0n) is 58.4. The van der Waals surface area contributed by atoms with E-state index in [1.807, 2.05) is 0 Å². The van der Waals surface area contributed by atoms with Crippen molar-refractivity contribution in [3.63, 3.8) is 0 Å². The molecule has 90 heavy (non-hydrogen) atoms. The molecule has 0 aromatic carbocycles. The summed E-state index contributed by atoms with van der Waals surface area (Å²) in [5, 5.41) is 10.6. The summed E-state index contributed by atoms with van der Waals surface area (Å²) in [4.78, 5) is 72.3. The molecule has 0 rings (SSSR count). The summed E-state index contributed by atoms with van der Waals surface area (Å²) >= 11 is 0. The average Bonchev–Trinajstić information content (AvgIpc) is 2.81. The number of hydrogen-bond acceptors (Lipinski definition) is 15. The molecule has 0 saturated carbocycles. The number of hydrogen-bond donors (Lipinski definition) is 3. The molecule has 0 bridgehead atoms. The van der Waals surface area contributed by atoms with Gasteiger partial charge < -0.3 is 33.8 Å². The molecule has 0 aliphatic rings. The van der Waals surface area contributed by atoms with Crippen LogP contribution in [0, 0.1) is 11.8 Å². The molecule has 0 aromatic heterocycles. The van der Waals surface area contributed by atoms with Gasteiger partial charge in [0, 0.05) is 25.7 Å². The summed E-state index contributed by atoms with van der Waals surface area (Å²) in [7, 11) is -9.89. The fraction of sp³-hybridized carbons (Fsp3) is 0.944. The summed E-state index contributed by atoms with van der Waals surface area (Å²) in [5.74, 6) is -0.553. The lowest BCUT2D eigenvalue weighted by Gasteiger charge is -2.21. The monoisotopic (exact) mass is 1320 g/mol. The zero-order chi connectivity index (χ0) is 66.5. The third-order valence-electron chi connectivity index (χ3n) is 16.5. The van der Waals surface area contributed by atoms with Crippen LogP contribution in [0.1, 0.15) is 363 Å². The lowest BCUT2D eigenvalue weighted by atomic mass is 10.0. The van der Waals surface area contributed by atoms with E-state index < -0.39 is 97.5 Å². The number of phosphoric ester groups is 2. The highest BCUT2D eigenvalue weighted by Crippen LogP contribution is 2.45. The van der Waals surface area contributed by atoms with Crippen molar-refractivity contribution < 1.29 is 80.2 Å². The van der Waals surface area contributed by atoms with Crippen LogP contribution in [0.3, 0.4) is 0 Å². The number of carbonyl (C=O) groups excluding carboxylic acids is 4. The van der Waals surface area contributed by atoms with Crippen LogP contribution >= 0.6 is 15.6 Å². The molecule has 0 fully saturated rings. The largest absolute Gasteiger partial charge is 0.472 e.